The first-order chi connectivity index (χ1) is 12.8. The number of rotatable bonds is 6. The molecule has 8 nitrogen and oxygen atoms in total. The molecule has 9 heteroatoms. The number of amides is 3. The predicted octanol–water partition coefficient (Wildman–Crippen LogP) is 3.12. The molecule has 0 fully saturated rings. The summed E-state index contributed by atoms with van der Waals surface area (Å²) in [5, 5.41) is 7.70. The summed E-state index contributed by atoms with van der Waals surface area (Å²) in [5.74, 6) is -0.477. The number of carbonyl (C=O) groups is 3. The molecule has 0 bridgehead atoms. The standard InChI is InChI=1S/C18H22N4O4S/c1-11(2)16(24)21-17-20-13(10-27-17)9-15(23)19-12-5-7-14(8-6-12)22(3)18(25)26-4/h5-8,10-11H,9H2,1-4H3,(H,19,23)(H,20,21,24). The predicted molar refractivity (Wildman–Crippen MR) is 105 cm³/mol. The maximum absolute atomic E-state index is 12.2. The van der Waals surface area contributed by atoms with E-state index in [0.29, 0.717) is 22.2 Å². The largest absolute Gasteiger partial charge is 0.452 e. The second-order valence-electron chi connectivity index (χ2n) is 6.09. The molecule has 2 aromatic rings. The maximum Gasteiger partial charge on any atom is 0.413 e. The lowest BCUT2D eigenvalue weighted by atomic mass is 10.2. The molecule has 0 spiro atoms. The number of methoxy groups -OCH3 is 1. The molecule has 144 valence electrons. The van der Waals surface area contributed by atoms with E-state index in [2.05, 4.69) is 20.4 Å². The second-order valence-corrected chi connectivity index (χ2v) is 6.95. The van der Waals surface area contributed by atoms with Crippen molar-refractivity contribution in [2.45, 2.75) is 20.3 Å². The van der Waals surface area contributed by atoms with Crippen LogP contribution >= 0.6 is 11.3 Å². The zero-order valence-electron chi connectivity index (χ0n) is 15.6. The summed E-state index contributed by atoms with van der Waals surface area (Å²) in [6.45, 7) is 3.59. The van der Waals surface area contributed by atoms with Gasteiger partial charge in [0.05, 0.1) is 19.2 Å². The van der Waals surface area contributed by atoms with Gasteiger partial charge >= 0.3 is 6.09 Å². The Bertz CT molecular complexity index is 817. The molecule has 2 rings (SSSR count). The van der Waals surface area contributed by atoms with Gasteiger partial charge in [-0.1, -0.05) is 13.8 Å². The Morgan fingerprint density at radius 3 is 2.44 bits per heavy atom. The highest BCUT2D eigenvalue weighted by Gasteiger charge is 2.13. The lowest BCUT2D eigenvalue weighted by Crippen LogP contribution is -2.25. The smallest absolute Gasteiger partial charge is 0.413 e. The van der Waals surface area contributed by atoms with E-state index >= 15 is 0 Å². The van der Waals surface area contributed by atoms with Gasteiger partial charge in [0, 0.05) is 29.7 Å². The number of anilines is 3. The van der Waals surface area contributed by atoms with Crippen molar-refractivity contribution in [1.82, 2.24) is 4.98 Å². The maximum atomic E-state index is 12.2. The molecule has 0 unspecified atom stereocenters. The van der Waals surface area contributed by atoms with Crippen molar-refractivity contribution in [1.29, 1.82) is 0 Å². The normalized spacial score (nSPS) is 10.4. The molecule has 1 aromatic heterocycles. The second kappa shape index (κ2) is 9.13. The van der Waals surface area contributed by atoms with Gasteiger partial charge in [-0.2, -0.15) is 0 Å². The lowest BCUT2D eigenvalue weighted by Gasteiger charge is -2.15. The minimum Gasteiger partial charge on any atom is -0.452 e. The topological polar surface area (TPSA) is 101 Å². The Balaban J connectivity index is 1.91. The molecule has 27 heavy (non-hydrogen) atoms. The van der Waals surface area contributed by atoms with E-state index in [1.165, 1.54) is 23.3 Å². The Labute approximate surface area is 161 Å². The van der Waals surface area contributed by atoms with Crippen LogP contribution in [-0.4, -0.2) is 37.0 Å². The minimum absolute atomic E-state index is 0.0951. The van der Waals surface area contributed by atoms with Gasteiger partial charge in [0.25, 0.3) is 0 Å². The third-order valence-corrected chi connectivity index (χ3v) is 4.44. The van der Waals surface area contributed by atoms with Crippen LogP contribution in [-0.2, 0) is 20.7 Å². The summed E-state index contributed by atoms with van der Waals surface area (Å²) >= 11 is 1.28. The summed E-state index contributed by atoms with van der Waals surface area (Å²) in [6.07, 6.45) is -0.381. The van der Waals surface area contributed by atoms with Crippen molar-refractivity contribution >= 4 is 45.8 Å². The van der Waals surface area contributed by atoms with E-state index in [1.54, 1.807) is 50.5 Å². The Morgan fingerprint density at radius 2 is 1.85 bits per heavy atom. The third kappa shape index (κ3) is 5.78. The van der Waals surface area contributed by atoms with Crippen molar-refractivity contribution in [3.63, 3.8) is 0 Å². The van der Waals surface area contributed by atoms with Crippen LogP contribution < -0.4 is 15.5 Å². The lowest BCUT2D eigenvalue weighted by molar-refractivity contribution is -0.119. The van der Waals surface area contributed by atoms with Gasteiger partial charge in [-0.3, -0.25) is 14.5 Å². The quantitative estimate of drug-likeness (QED) is 0.789. The molecule has 0 aliphatic carbocycles. The number of ether oxygens (including phenoxy) is 1. The zero-order chi connectivity index (χ0) is 20.0. The molecule has 0 saturated carbocycles. The number of hydrogen-bond acceptors (Lipinski definition) is 6. The summed E-state index contributed by atoms with van der Waals surface area (Å²) in [6, 6.07) is 6.80. The number of benzene rings is 1. The molecular formula is C18H22N4O4S. The van der Waals surface area contributed by atoms with Gasteiger partial charge in [-0.15, -0.1) is 11.3 Å². The van der Waals surface area contributed by atoms with Crippen LogP contribution in [0.1, 0.15) is 19.5 Å². The van der Waals surface area contributed by atoms with Crippen LogP contribution in [0.3, 0.4) is 0 Å². The SMILES string of the molecule is COC(=O)N(C)c1ccc(NC(=O)Cc2csc(NC(=O)C(C)C)n2)cc1. The van der Waals surface area contributed by atoms with Crippen molar-refractivity contribution in [3.8, 4) is 0 Å². The number of thiazole rings is 1. The van der Waals surface area contributed by atoms with Crippen molar-refractivity contribution in [3.05, 3.63) is 35.3 Å². The number of nitrogens with one attached hydrogen (secondary N) is 2. The van der Waals surface area contributed by atoms with E-state index in [0.717, 1.165) is 0 Å². The Kier molecular flexibility index (Phi) is 6.89. The van der Waals surface area contributed by atoms with Crippen LogP contribution in [0.5, 0.6) is 0 Å². The molecule has 1 heterocycles. The van der Waals surface area contributed by atoms with Gasteiger partial charge in [0.2, 0.25) is 11.8 Å². The van der Waals surface area contributed by atoms with Crippen molar-refractivity contribution < 1.29 is 19.1 Å². The molecule has 0 saturated heterocycles. The first-order valence-corrected chi connectivity index (χ1v) is 9.15. The highest BCUT2D eigenvalue weighted by molar-refractivity contribution is 7.13. The number of aromatic nitrogens is 1. The van der Waals surface area contributed by atoms with Gasteiger partial charge in [-0.25, -0.2) is 9.78 Å². The first-order valence-electron chi connectivity index (χ1n) is 8.27. The summed E-state index contributed by atoms with van der Waals surface area (Å²) < 4.78 is 4.65. The van der Waals surface area contributed by atoms with Crippen LogP contribution in [0.25, 0.3) is 0 Å². The minimum atomic E-state index is -0.476. The molecule has 2 N–H and O–H groups in total. The molecule has 1 aromatic carbocycles. The number of hydrogen-bond donors (Lipinski definition) is 2. The van der Waals surface area contributed by atoms with E-state index in [4.69, 9.17) is 0 Å². The zero-order valence-corrected chi connectivity index (χ0v) is 16.4. The van der Waals surface area contributed by atoms with Gasteiger partial charge in [-0.05, 0) is 24.3 Å². The molecular weight excluding hydrogens is 368 g/mol. The van der Waals surface area contributed by atoms with E-state index in [1.807, 2.05) is 0 Å². The molecule has 3 amide bonds. The van der Waals surface area contributed by atoms with Crippen LogP contribution in [0, 0.1) is 5.92 Å². The number of nitrogens with zero attached hydrogens (tertiary/aromatic N) is 2. The monoisotopic (exact) mass is 390 g/mol. The van der Waals surface area contributed by atoms with Crippen LogP contribution in [0.2, 0.25) is 0 Å². The molecule has 0 aliphatic rings. The van der Waals surface area contributed by atoms with Gasteiger partial charge in [0.15, 0.2) is 5.13 Å². The van der Waals surface area contributed by atoms with Gasteiger partial charge in [0.1, 0.15) is 0 Å². The highest BCUT2D eigenvalue weighted by Crippen LogP contribution is 2.19. The molecule has 0 aliphatic heterocycles. The first kappa shape index (κ1) is 20.4. The average Bonchev–Trinajstić information content (AvgIpc) is 3.07. The number of carbonyl (C=O) groups excluding carboxylic acids is 3. The highest BCUT2D eigenvalue weighted by atomic mass is 32.1. The van der Waals surface area contributed by atoms with Gasteiger partial charge < -0.3 is 15.4 Å². The average molecular weight is 390 g/mol. The molecule has 0 atom stereocenters. The van der Waals surface area contributed by atoms with Crippen molar-refractivity contribution in [2.75, 3.05) is 29.7 Å². The van der Waals surface area contributed by atoms with Crippen LogP contribution in [0.4, 0.5) is 21.3 Å². The summed E-state index contributed by atoms with van der Waals surface area (Å²) in [5.41, 5.74) is 1.83. The molecule has 0 radical (unpaired) electrons. The fourth-order valence-corrected chi connectivity index (χ4v) is 2.79. The third-order valence-electron chi connectivity index (χ3n) is 3.63. The fraction of sp³-hybridized carbons (Fsp3) is 0.333. The van der Waals surface area contributed by atoms with Crippen LogP contribution in [0.15, 0.2) is 29.6 Å². The van der Waals surface area contributed by atoms with E-state index in [9.17, 15) is 14.4 Å². The van der Waals surface area contributed by atoms with Crippen molar-refractivity contribution in [2.24, 2.45) is 5.92 Å². The Hall–Kier alpha value is -2.94. The fourth-order valence-electron chi connectivity index (χ4n) is 2.08. The summed E-state index contributed by atoms with van der Waals surface area (Å²) in [4.78, 5) is 40.9. The van der Waals surface area contributed by atoms with E-state index < -0.39 is 6.09 Å². The summed E-state index contributed by atoms with van der Waals surface area (Å²) in [7, 11) is 2.91. The Morgan fingerprint density at radius 1 is 1.19 bits per heavy atom. The van der Waals surface area contributed by atoms with E-state index in [-0.39, 0.29) is 24.2 Å².